The molecule has 6 heteroatoms. The van der Waals surface area contributed by atoms with Crippen molar-refractivity contribution < 1.29 is 19.0 Å². The first-order valence-corrected chi connectivity index (χ1v) is 9.78. The van der Waals surface area contributed by atoms with Crippen LogP contribution < -0.4 is 14.8 Å². The van der Waals surface area contributed by atoms with Gasteiger partial charge in [0.1, 0.15) is 0 Å². The van der Waals surface area contributed by atoms with Gasteiger partial charge in [-0.2, -0.15) is 0 Å². The maximum Gasteiger partial charge on any atom is 0.257 e. The van der Waals surface area contributed by atoms with Crippen LogP contribution in [0.1, 0.15) is 24.0 Å². The molecule has 28 heavy (non-hydrogen) atoms. The molecule has 2 aromatic rings. The number of methoxy groups -OCH3 is 1. The van der Waals surface area contributed by atoms with Crippen molar-refractivity contribution in [3.05, 3.63) is 58.6 Å². The number of aryl methyl sites for hydroxylation is 1. The number of carbonyl (C=O) groups is 1. The van der Waals surface area contributed by atoms with Gasteiger partial charge >= 0.3 is 0 Å². The summed E-state index contributed by atoms with van der Waals surface area (Å²) in [6.45, 7) is 3.80. The van der Waals surface area contributed by atoms with E-state index in [-0.39, 0.29) is 17.9 Å². The Balaban J connectivity index is 1.62. The Labute approximate surface area is 170 Å². The normalized spacial score (nSPS) is 15.7. The number of ether oxygens (including phenoxy) is 3. The fraction of sp³-hybridized carbons (Fsp3) is 0.409. The lowest BCUT2D eigenvalue weighted by Crippen LogP contribution is -2.45. The second-order valence-electron chi connectivity index (χ2n) is 7.12. The molecule has 0 radical (unpaired) electrons. The number of carbonyl (C=O) groups excluding carboxylic acids is 1. The van der Waals surface area contributed by atoms with E-state index in [2.05, 4.69) is 5.32 Å². The second kappa shape index (κ2) is 9.30. The van der Waals surface area contributed by atoms with Gasteiger partial charge in [0, 0.05) is 30.2 Å². The minimum absolute atomic E-state index is 0.0629. The van der Waals surface area contributed by atoms with Crippen LogP contribution in [0.3, 0.4) is 0 Å². The van der Waals surface area contributed by atoms with Crippen molar-refractivity contribution in [2.24, 2.45) is 0 Å². The maximum absolute atomic E-state index is 12.4. The molecule has 0 atom stereocenters. The highest BCUT2D eigenvalue weighted by Crippen LogP contribution is 2.35. The summed E-state index contributed by atoms with van der Waals surface area (Å²) in [4.78, 5) is 12.4. The Bertz CT molecular complexity index is 801. The third-order valence-electron chi connectivity index (χ3n) is 5.21. The van der Waals surface area contributed by atoms with E-state index >= 15 is 0 Å². The molecule has 0 aliphatic carbocycles. The van der Waals surface area contributed by atoms with Gasteiger partial charge in [-0.3, -0.25) is 4.79 Å². The minimum Gasteiger partial charge on any atom is -0.493 e. The summed E-state index contributed by atoms with van der Waals surface area (Å²) >= 11 is 6.04. The lowest BCUT2D eigenvalue weighted by Gasteiger charge is -2.38. The number of hydrogen-bond donors (Lipinski definition) is 1. The van der Waals surface area contributed by atoms with Gasteiger partial charge in [0.15, 0.2) is 18.1 Å². The van der Waals surface area contributed by atoms with Crippen molar-refractivity contribution in [3.8, 4) is 11.5 Å². The Morgan fingerprint density at radius 3 is 2.54 bits per heavy atom. The summed E-state index contributed by atoms with van der Waals surface area (Å²) in [6, 6.07) is 13.5. The molecule has 0 unspecified atom stereocenters. The molecule has 1 fully saturated rings. The lowest BCUT2D eigenvalue weighted by atomic mass is 9.74. The zero-order valence-electron chi connectivity index (χ0n) is 16.3. The summed E-state index contributed by atoms with van der Waals surface area (Å²) in [6.07, 6.45) is 1.70. The van der Waals surface area contributed by atoms with Gasteiger partial charge in [0.05, 0.1) is 7.11 Å². The van der Waals surface area contributed by atoms with Crippen molar-refractivity contribution in [2.75, 3.05) is 33.5 Å². The van der Waals surface area contributed by atoms with Crippen LogP contribution in [-0.4, -0.2) is 39.4 Å². The summed E-state index contributed by atoms with van der Waals surface area (Å²) in [5.74, 6) is 1.01. The Morgan fingerprint density at radius 2 is 1.86 bits per heavy atom. The largest absolute Gasteiger partial charge is 0.493 e. The smallest absolute Gasteiger partial charge is 0.257 e. The van der Waals surface area contributed by atoms with Gasteiger partial charge < -0.3 is 19.5 Å². The predicted molar refractivity (Wildman–Crippen MR) is 109 cm³/mol. The molecule has 0 aromatic heterocycles. The highest BCUT2D eigenvalue weighted by Gasteiger charge is 2.34. The van der Waals surface area contributed by atoms with E-state index in [9.17, 15) is 4.79 Å². The van der Waals surface area contributed by atoms with E-state index in [1.165, 1.54) is 5.56 Å². The molecule has 0 spiro atoms. The first-order valence-electron chi connectivity index (χ1n) is 9.40. The lowest BCUT2D eigenvalue weighted by molar-refractivity contribution is -0.123. The first-order chi connectivity index (χ1) is 13.5. The standard InChI is InChI=1S/C22H26ClNO4/c1-16-3-8-19(20(13-16)26-2)28-14-21(25)24-15-22(9-11-27-12-10-22)17-4-6-18(23)7-5-17/h3-8,13H,9-12,14-15H2,1-2H3,(H,24,25). The second-order valence-corrected chi connectivity index (χ2v) is 7.56. The van der Waals surface area contributed by atoms with Gasteiger partial charge in [-0.05, 0) is 55.2 Å². The molecule has 0 bridgehead atoms. The average molecular weight is 404 g/mol. The maximum atomic E-state index is 12.4. The van der Waals surface area contributed by atoms with Crippen molar-refractivity contribution in [1.29, 1.82) is 0 Å². The molecule has 1 aliphatic rings. The number of halogens is 1. The van der Waals surface area contributed by atoms with Crippen LogP contribution in [0.15, 0.2) is 42.5 Å². The highest BCUT2D eigenvalue weighted by molar-refractivity contribution is 6.30. The van der Waals surface area contributed by atoms with Crippen molar-refractivity contribution >= 4 is 17.5 Å². The van der Waals surface area contributed by atoms with Crippen LogP contribution in [0.25, 0.3) is 0 Å². The molecule has 3 rings (SSSR count). The number of rotatable bonds is 7. The van der Waals surface area contributed by atoms with Crippen molar-refractivity contribution in [1.82, 2.24) is 5.32 Å². The van der Waals surface area contributed by atoms with Crippen LogP contribution in [-0.2, 0) is 14.9 Å². The fourth-order valence-corrected chi connectivity index (χ4v) is 3.62. The van der Waals surface area contributed by atoms with Crippen molar-refractivity contribution in [2.45, 2.75) is 25.2 Å². The molecule has 1 saturated heterocycles. The van der Waals surface area contributed by atoms with Crippen LogP contribution in [0, 0.1) is 6.92 Å². The van der Waals surface area contributed by atoms with E-state index in [1.54, 1.807) is 7.11 Å². The van der Waals surface area contributed by atoms with E-state index in [1.807, 2.05) is 49.4 Å². The topological polar surface area (TPSA) is 56.8 Å². The molecular formula is C22H26ClNO4. The summed E-state index contributed by atoms with van der Waals surface area (Å²) in [7, 11) is 1.59. The molecule has 1 heterocycles. The SMILES string of the molecule is COc1cc(C)ccc1OCC(=O)NCC1(c2ccc(Cl)cc2)CCOCC1. The number of hydrogen-bond acceptors (Lipinski definition) is 4. The summed E-state index contributed by atoms with van der Waals surface area (Å²) < 4.78 is 16.5. The van der Waals surface area contributed by atoms with Crippen LogP contribution in [0.2, 0.25) is 5.02 Å². The van der Waals surface area contributed by atoms with E-state index < -0.39 is 0 Å². The quantitative estimate of drug-likeness (QED) is 0.761. The molecular weight excluding hydrogens is 378 g/mol. The van der Waals surface area contributed by atoms with Crippen LogP contribution >= 0.6 is 11.6 Å². The van der Waals surface area contributed by atoms with E-state index in [4.69, 9.17) is 25.8 Å². The highest BCUT2D eigenvalue weighted by atomic mass is 35.5. The third-order valence-corrected chi connectivity index (χ3v) is 5.46. The average Bonchev–Trinajstić information content (AvgIpc) is 2.72. The van der Waals surface area contributed by atoms with E-state index in [0.717, 1.165) is 18.4 Å². The van der Waals surface area contributed by atoms with Crippen LogP contribution in [0.5, 0.6) is 11.5 Å². The predicted octanol–water partition coefficient (Wildman–Crippen LogP) is 3.90. The van der Waals surface area contributed by atoms with Gasteiger partial charge in [-0.15, -0.1) is 0 Å². The molecule has 1 aliphatic heterocycles. The first kappa shape index (κ1) is 20.5. The summed E-state index contributed by atoms with van der Waals surface area (Å²) in [5, 5.41) is 3.74. The van der Waals surface area contributed by atoms with Crippen LogP contribution in [0.4, 0.5) is 0 Å². The Kier molecular flexibility index (Phi) is 6.81. The molecule has 0 saturated carbocycles. The van der Waals surface area contributed by atoms with Gasteiger partial charge in [0.2, 0.25) is 0 Å². The van der Waals surface area contributed by atoms with Gasteiger partial charge in [0.25, 0.3) is 5.91 Å². The minimum atomic E-state index is -0.164. The van der Waals surface area contributed by atoms with Gasteiger partial charge in [-0.25, -0.2) is 0 Å². The van der Waals surface area contributed by atoms with Crippen molar-refractivity contribution in [3.63, 3.8) is 0 Å². The number of amides is 1. The molecule has 1 N–H and O–H groups in total. The Morgan fingerprint density at radius 1 is 1.14 bits per heavy atom. The molecule has 5 nitrogen and oxygen atoms in total. The molecule has 2 aromatic carbocycles. The monoisotopic (exact) mass is 403 g/mol. The zero-order valence-corrected chi connectivity index (χ0v) is 17.1. The zero-order chi connectivity index (χ0) is 20.0. The number of nitrogens with one attached hydrogen (secondary N) is 1. The fourth-order valence-electron chi connectivity index (χ4n) is 3.49. The Hall–Kier alpha value is -2.24. The third kappa shape index (κ3) is 4.97. The number of benzene rings is 2. The molecule has 1 amide bonds. The van der Waals surface area contributed by atoms with Gasteiger partial charge in [-0.1, -0.05) is 29.8 Å². The summed E-state index contributed by atoms with van der Waals surface area (Å²) in [5.41, 5.74) is 2.08. The van der Waals surface area contributed by atoms with E-state index in [0.29, 0.717) is 36.3 Å². The molecule has 150 valence electrons.